The second-order valence-electron chi connectivity index (χ2n) is 0.917. The molecule has 0 radical (unpaired) electrons. The third kappa shape index (κ3) is 4.04. The molecule has 0 saturated carbocycles. The van der Waals surface area contributed by atoms with Crippen LogP contribution < -0.4 is 0 Å². The summed E-state index contributed by atoms with van der Waals surface area (Å²) in [6.45, 7) is 2.02. The summed E-state index contributed by atoms with van der Waals surface area (Å²) >= 11 is 5.19. The van der Waals surface area contributed by atoms with Gasteiger partial charge in [0.2, 0.25) is 0 Å². The molecule has 0 aromatic carbocycles. The quantitative estimate of drug-likeness (QED) is 0.646. The summed E-state index contributed by atoms with van der Waals surface area (Å²) in [4.78, 5) is 0. The lowest BCUT2D eigenvalue weighted by Gasteiger charge is -2.01. The average molecular weight is 195 g/mol. The predicted octanol–water partition coefficient (Wildman–Crippen LogP) is 3.26. The van der Waals surface area contributed by atoms with E-state index < -0.39 is 5.92 Å². The Morgan fingerprint density at radius 3 is 2.50 bits per heavy atom. The zero-order chi connectivity index (χ0) is 6.62. The van der Waals surface area contributed by atoms with Crippen molar-refractivity contribution in [3.05, 3.63) is 0 Å². The summed E-state index contributed by atoms with van der Waals surface area (Å²) in [7, 11) is 5.59. The van der Waals surface area contributed by atoms with Gasteiger partial charge in [-0.3, -0.25) is 4.57 Å². The number of rotatable bonds is 3. The molecule has 1 unspecified atom stereocenters. The van der Waals surface area contributed by atoms with Crippen LogP contribution in [0.15, 0.2) is 0 Å². The van der Waals surface area contributed by atoms with E-state index in [1.807, 2.05) is 0 Å². The van der Waals surface area contributed by atoms with Gasteiger partial charge in [0.1, 0.15) is 0 Å². The molecule has 6 heteroatoms. The molecule has 0 bridgehead atoms. The Balaban J connectivity index is 3.55. The molecule has 0 heterocycles. The van der Waals surface area contributed by atoms with Gasteiger partial charge in [-0.15, -0.1) is 0 Å². The van der Waals surface area contributed by atoms with Crippen LogP contribution in [-0.2, 0) is 9.09 Å². The minimum atomic E-state index is -3.02. The fourth-order valence-corrected chi connectivity index (χ4v) is 1.61. The van der Waals surface area contributed by atoms with Crippen molar-refractivity contribution in [2.75, 3.05) is 6.61 Å². The number of halogens is 2. The minimum absolute atomic E-state index is 0.320. The summed E-state index contributed by atoms with van der Waals surface area (Å²) in [5.74, 6) is -3.02. The zero-order valence-electron chi connectivity index (χ0n) is 4.13. The molecule has 0 aliphatic heterocycles. The van der Waals surface area contributed by atoms with Gasteiger partial charge in [0, 0.05) is 0 Å². The van der Waals surface area contributed by atoms with Gasteiger partial charge >= 0.3 is 5.92 Å². The lowest BCUT2D eigenvalue weighted by Crippen LogP contribution is -1.76. The number of hydrogen-bond acceptors (Lipinski definition) is 3. The van der Waals surface area contributed by atoms with E-state index in [1.54, 1.807) is 6.92 Å². The monoisotopic (exact) mass is 194 g/mol. The van der Waals surface area contributed by atoms with E-state index in [-0.39, 0.29) is 0 Å². The van der Waals surface area contributed by atoms with E-state index in [4.69, 9.17) is 21.9 Å². The first-order chi connectivity index (χ1) is 3.62. The Labute approximate surface area is 61.4 Å². The molecule has 2 nitrogen and oxygen atoms in total. The highest BCUT2D eigenvalue weighted by Crippen LogP contribution is 2.65. The molecular weight excluding hydrogens is 190 g/mol. The first-order valence-electron chi connectivity index (χ1n) is 1.87. The van der Waals surface area contributed by atoms with E-state index in [2.05, 4.69) is 4.52 Å². The standard InChI is InChI=1S/C2H5Cl2O2PS/c1-2-6-7(3,5)8-4/h2H2,1H3. The van der Waals surface area contributed by atoms with Gasteiger partial charge in [-0.25, -0.2) is 0 Å². The fraction of sp³-hybridized carbons (Fsp3) is 1.00. The second-order valence-corrected chi connectivity index (χ2v) is 7.21. The highest BCUT2D eigenvalue weighted by molar-refractivity contribution is 8.73. The molecule has 8 heavy (non-hydrogen) atoms. The first-order valence-corrected chi connectivity index (χ1v) is 6.64. The van der Waals surface area contributed by atoms with Crippen molar-refractivity contribution in [1.29, 1.82) is 0 Å². The molecule has 0 N–H and O–H groups in total. The van der Waals surface area contributed by atoms with Crippen LogP contribution in [0.5, 0.6) is 0 Å². The SMILES string of the molecule is CCOP(=O)(Cl)SCl. The Morgan fingerprint density at radius 2 is 2.38 bits per heavy atom. The molecule has 0 rings (SSSR count). The molecule has 0 aromatic heterocycles. The maximum Gasteiger partial charge on any atom is 0.361 e. The van der Waals surface area contributed by atoms with Gasteiger partial charge in [0.25, 0.3) is 0 Å². The zero-order valence-corrected chi connectivity index (χ0v) is 7.36. The smallest absolute Gasteiger partial charge is 0.309 e. The lowest BCUT2D eigenvalue weighted by atomic mass is 10.9. The largest absolute Gasteiger partial charge is 0.361 e. The van der Waals surface area contributed by atoms with Crippen LogP contribution in [0, 0.1) is 0 Å². The van der Waals surface area contributed by atoms with Gasteiger partial charge in [-0.1, -0.05) is 0 Å². The van der Waals surface area contributed by atoms with Crippen LogP contribution in [0.25, 0.3) is 0 Å². The summed E-state index contributed by atoms with van der Waals surface area (Å²) in [6.07, 6.45) is 0. The van der Waals surface area contributed by atoms with Gasteiger partial charge in [-0.2, -0.15) is 0 Å². The molecule has 50 valence electrons. The van der Waals surface area contributed by atoms with Crippen LogP contribution in [0.4, 0.5) is 0 Å². The van der Waals surface area contributed by atoms with E-state index >= 15 is 0 Å². The molecule has 0 aliphatic carbocycles. The fourth-order valence-electron chi connectivity index (χ4n) is 0.174. The van der Waals surface area contributed by atoms with E-state index in [1.165, 1.54) is 0 Å². The summed E-state index contributed by atoms with van der Waals surface area (Å²) in [6, 6.07) is 0. The van der Waals surface area contributed by atoms with E-state index in [9.17, 15) is 4.57 Å². The first kappa shape index (κ1) is 9.12. The third-order valence-electron chi connectivity index (χ3n) is 0.366. The average Bonchev–Trinajstić information content (AvgIpc) is 1.67. The topological polar surface area (TPSA) is 26.3 Å². The Bertz CT molecular complexity index is 108. The van der Waals surface area contributed by atoms with Crippen molar-refractivity contribution < 1.29 is 9.09 Å². The second kappa shape index (κ2) is 4.02. The molecule has 0 aliphatic rings. The van der Waals surface area contributed by atoms with Crippen LogP contribution in [-0.4, -0.2) is 6.61 Å². The van der Waals surface area contributed by atoms with Crippen molar-refractivity contribution in [2.45, 2.75) is 6.92 Å². The summed E-state index contributed by atoms with van der Waals surface area (Å²) in [5.41, 5.74) is 0. The van der Waals surface area contributed by atoms with Gasteiger partial charge < -0.3 is 4.52 Å². The Kier molecular flexibility index (Phi) is 4.58. The third-order valence-corrected chi connectivity index (χ3v) is 5.09. The molecule has 0 amide bonds. The summed E-state index contributed by atoms with van der Waals surface area (Å²) in [5, 5.41) is 0. The van der Waals surface area contributed by atoms with Crippen LogP contribution >= 0.6 is 38.4 Å². The van der Waals surface area contributed by atoms with Crippen molar-refractivity contribution in [2.24, 2.45) is 0 Å². The van der Waals surface area contributed by atoms with E-state index in [0.717, 1.165) is 0 Å². The van der Waals surface area contributed by atoms with Crippen LogP contribution in [0.1, 0.15) is 6.92 Å². The molecule has 0 aromatic rings. The molecule has 0 spiro atoms. The normalized spacial score (nSPS) is 17.9. The van der Waals surface area contributed by atoms with Crippen molar-refractivity contribution in [3.8, 4) is 0 Å². The molecule has 0 fully saturated rings. The number of hydrogen-bond donors (Lipinski definition) is 0. The maximum atomic E-state index is 10.6. The van der Waals surface area contributed by atoms with Gasteiger partial charge in [-0.05, 0) is 28.8 Å². The predicted molar refractivity (Wildman–Crippen MR) is 38.5 cm³/mol. The van der Waals surface area contributed by atoms with Crippen molar-refractivity contribution in [3.63, 3.8) is 0 Å². The molecule has 0 saturated heterocycles. The van der Waals surface area contributed by atoms with Gasteiger partial charge in [0.05, 0.1) is 17.2 Å². The Morgan fingerprint density at radius 1 is 1.88 bits per heavy atom. The Hall–Kier alpha value is 1.12. The molecular formula is C2H5Cl2O2PS. The summed E-state index contributed by atoms with van der Waals surface area (Å²) < 4.78 is 15.1. The van der Waals surface area contributed by atoms with Crippen molar-refractivity contribution in [1.82, 2.24) is 0 Å². The highest BCUT2D eigenvalue weighted by Gasteiger charge is 2.17. The maximum absolute atomic E-state index is 10.6. The molecule has 1 atom stereocenters. The van der Waals surface area contributed by atoms with E-state index in [0.29, 0.717) is 17.2 Å². The van der Waals surface area contributed by atoms with Crippen molar-refractivity contribution >= 4 is 38.4 Å². The minimum Gasteiger partial charge on any atom is -0.309 e. The lowest BCUT2D eigenvalue weighted by molar-refractivity contribution is 0.357. The van der Waals surface area contributed by atoms with Crippen LogP contribution in [0.2, 0.25) is 0 Å². The highest BCUT2D eigenvalue weighted by atomic mass is 35.8. The van der Waals surface area contributed by atoms with Gasteiger partial charge in [0.15, 0.2) is 0 Å². The van der Waals surface area contributed by atoms with Crippen LogP contribution in [0.3, 0.4) is 0 Å².